The summed E-state index contributed by atoms with van der Waals surface area (Å²) in [6, 6.07) is 19.1. The van der Waals surface area contributed by atoms with Crippen molar-refractivity contribution in [2.24, 2.45) is 7.05 Å². The van der Waals surface area contributed by atoms with Gasteiger partial charge >= 0.3 is 0 Å². The molecule has 47 heavy (non-hydrogen) atoms. The van der Waals surface area contributed by atoms with Crippen LogP contribution < -0.4 is 36.6 Å². The summed E-state index contributed by atoms with van der Waals surface area (Å²) in [6.07, 6.45) is 9.17. The molecule has 0 radical (unpaired) electrons. The highest BCUT2D eigenvalue weighted by atomic mass is 16.5. The summed E-state index contributed by atoms with van der Waals surface area (Å²) in [5.41, 5.74) is 4.95. The maximum Gasteiger partial charge on any atom is 0.274 e. The second-order valence-corrected chi connectivity index (χ2v) is 12.0. The molecule has 0 spiro atoms. The summed E-state index contributed by atoms with van der Waals surface area (Å²) in [5, 5.41) is 3.50. The number of unbranched alkanes of at least 4 members (excludes halogenated alkanes) is 3. The Kier molecular flexibility index (Phi) is 11.1. The molecule has 2 N–H and O–H groups in total. The second kappa shape index (κ2) is 15.6. The van der Waals surface area contributed by atoms with E-state index < -0.39 is 0 Å². The zero-order chi connectivity index (χ0) is 33.3. The molecule has 0 saturated heterocycles. The predicted molar refractivity (Wildman–Crippen MR) is 187 cm³/mol. The molecule has 5 rings (SSSR count). The van der Waals surface area contributed by atoms with Crippen LogP contribution in [-0.2, 0) is 26.4 Å². The van der Waals surface area contributed by atoms with Crippen molar-refractivity contribution in [2.75, 3.05) is 32.6 Å². The number of carbonyl (C=O) groups is 1. The number of amides is 1. The van der Waals surface area contributed by atoms with E-state index in [2.05, 4.69) is 34.3 Å². The van der Waals surface area contributed by atoms with Crippen LogP contribution >= 0.6 is 0 Å². The van der Waals surface area contributed by atoms with Crippen molar-refractivity contribution >= 4 is 23.7 Å². The molecule has 0 unspecified atom stereocenters. The highest BCUT2D eigenvalue weighted by Gasteiger charge is 2.19. The van der Waals surface area contributed by atoms with Crippen LogP contribution in [0.5, 0.6) is 11.5 Å². The fourth-order valence-electron chi connectivity index (χ4n) is 5.96. The number of carbonyl (C=O) groups excluding carboxylic acids is 1. The van der Waals surface area contributed by atoms with Crippen molar-refractivity contribution < 1.29 is 14.3 Å². The molecular weight excluding hydrogens is 592 g/mol. The number of fused-ring (bicyclic) bond motifs is 1. The minimum absolute atomic E-state index is 0.171. The third-order valence-electron chi connectivity index (χ3n) is 8.71. The number of ether oxygens (including phenoxy) is 2. The Balaban J connectivity index is 1.20. The zero-order valence-electron chi connectivity index (χ0n) is 27.7. The third-order valence-corrected chi connectivity index (χ3v) is 8.71. The van der Waals surface area contributed by atoms with Gasteiger partial charge in [-0.25, -0.2) is 0 Å². The largest absolute Gasteiger partial charge is 0.493 e. The first kappa shape index (κ1) is 33.5. The van der Waals surface area contributed by atoms with Gasteiger partial charge in [-0.05, 0) is 90.4 Å². The number of H-pyrrole nitrogens is 1. The Bertz CT molecular complexity index is 1960. The van der Waals surface area contributed by atoms with E-state index in [-0.39, 0.29) is 22.4 Å². The number of anilines is 1. The molecule has 3 aromatic carbocycles. The summed E-state index contributed by atoms with van der Waals surface area (Å²) in [7, 11) is 4.94. The van der Waals surface area contributed by atoms with Crippen LogP contribution in [0.3, 0.4) is 0 Å². The van der Waals surface area contributed by atoms with Gasteiger partial charge in [-0.15, -0.1) is 0 Å². The highest BCUT2D eigenvalue weighted by molar-refractivity contribution is 6.04. The van der Waals surface area contributed by atoms with Crippen LogP contribution in [0.25, 0.3) is 12.2 Å². The van der Waals surface area contributed by atoms with E-state index in [4.69, 9.17) is 9.47 Å². The van der Waals surface area contributed by atoms with Crippen molar-refractivity contribution in [3.05, 3.63) is 120 Å². The van der Waals surface area contributed by atoms with Crippen molar-refractivity contribution in [3.63, 3.8) is 0 Å². The minimum Gasteiger partial charge on any atom is -0.493 e. The van der Waals surface area contributed by atoms with Crippen LogP contribution in [0.4, 0.5) is 5.69 Å². The van der Waals surface area contributed by atoms with E-state index in [0.717, 1.165) is 69.7 Å². The number of hydrogen-bond acceptors (Lipinski definition) is 6. The highest BCUT2D eigenvalue weighted by Crippen LogP contribution is 2.33. The van der Waals surface area contributed by atoms with Gasteiger partial charge in [0.25, 0.3) is 17.0 Å². The molecule has 1 amide bonds. The number of methoxy groups -OCH3 is 2. The molecule has 9 nitrogen and oxygen atoms in total. The fourth-order valence-corrected chi connectivity index (χ4v) is 5.96. The first-order valence-electron chi connectivity index (χ1n) is 16.3. The molecule has 4 aromatic rings. The SMILES string of the molecule is CCCCC/C=c1/c(=O)[nH]/c(=C\c2cccc(C(=O)Nc3ccc(CCN4CCc5cc(OC)c(OC)cc5C4)cc3)c2)c(=O)n1C. The van der Waals surface area contributed by atoms with E-state index in [1.807, 2.05) is 30.3 Å². The molecule has 2 heterocycles. The molecule has 0 bridgehead atoms. The number of benzene rings is 3. The Morgan fingerprint density at radius 1 is 0.979 bits per heavy atom. The van der Waals surface area contributed by atoms with Gasteiger partial charge < -0.3 is 24.3 Å². The first-order chi connectivity index (χ1) is 22.8. The summed E-state index contributed by atoms with van der Waals surface area (Å²) in [4.78, 5) is 44.0. The Morgan fingerprint density at radius 2 is 1.72 bits per heavy atom. The Morgan fingerprint density at radius 3 is 2.45 bits per heavy atom. The molecule has 0 saturated carbocycles. The van der Waals surface area contributed by atoms with Crippen molar-refractivity contribution in [3.8, 4) is 11.5 Å². The van der Waals surface area contributed by atoms with Gasteiger partial charge in [-0.1, -0.05) is 50.1 Å². The van der Waals surface area contributed by atoms with Gasteiger partial charge in [0.05, 0.1) is 14.2 Å². The average molecular weight is 637 g/mol. The van der Waals surface area contributed by atoms with E-state index in [1.54, 1.807) is 51.6 Å². The smallest absolute Gasteiger partial charge is 0.274 e. The predicted octanol–water partition coefficient (Wildman–Crippen LogP) is 4.13. The van der Waals surface area contributed by atoms with E-state index in [0.29, 0.717) is 22.2 Å². The lowest BCUT2D eigenvalue weighted by Crippen LogP contribution is -2.52. The average Bonchev–Trinajstić information content (AvgIpc) is 3.09. The second-order valence-electron chi connectivity index (χ2n) is 12.0. The molecular formula is C38H44N4O5. The van der Waals surface area contributed by atoms with Crippen LogP contribution in [0.2, 0.25) is 0 Å². The molecule has 0 fully saturated rings. The zero-order valence-corrected chi connectivity index (χ0v) is 27.7. The van der Waals surface area contributed by atoms with Crippen LogP contribution in [0.15, 0.2) is 70.3 Å². The third kappa shape index (κ3) is 8.29. The van der Waals surface area contributed by atoms with Gasteiger partial charge in [0.15, 0.2) is 11.5 Å². The van der Waals surface area contributed by atoms with Crippen molar-refractivity contribution in [2.45, 2.75) is 52.0 Å². The fraction of sp³-hybridized carbons (Fsp3) is 0.342. The Hall–Kier alpha value is -4.89. The lowest BCUT2D eigenvalue weighted by Gasteiger charge is -2.29. The number of aromatic nitrogens is 2. The standard InChI is InChI=1S/C38H44N4O5/c1-5-6-7-8-12-33-37(44)40-32(38(45)41(33)2)22-27-10-9-11-29(21-27)36(43)39-31-15-13-26(14-16-31)17-19-42-20-18-28-23-34(46-3)35(47-4)24-30(28)25-42/h9-16,21-24H,5-8,17-20,25H2,1-4H3,(H,39,43)(H,40,44)/b32-22-,33-12-. The lowest BCUT2D eigenvalue weighted by molar-refractivity contribution is 0.102. The number of nitrogens with zero attached hydrogens (tertiary/aromatic N) is 2. The first-order valence-corrected chi connectivity index (χ1v) is 16.3. The van der Waals surface area contributed by atoms with Gasteiger partial charge in [0.1, 0.15) is 10.7 Å². The number of aromatic amines is 1. The Labute approximate surface area is 275 Å². The topological polar surface area (TPSA) is 106 Å². The molecule has 246 valence electrons. The summed E-state index contributed by atoms with van der Waals surface area (Å²) in [5.74, 6) is 1.27. The molecule has 0 atom stereocenters. The maximum atomic E-state index is 13.1. The van der Waals surface area contributed by atoms with E-state index in [1.165, 1.54) is 21.3 Å². The molecule has 1 aromatic heterocycles. The molecule has 1 aliphatic rings. The summed E-state index contributed by atoms with van der Waals surface area (Å²) in [6.45, 7) is 4.91. The number of hydrogen-bond donors (Lipinski definition) is 2. The summed E-state index contributed by atoms with van der Waals surface area (Å²) < 4.78 is 12.3. The van der Waals surface area contributed by atoms with Crippen molar-refractivity contribution in [1.82, 2.24) is 14.5 Å². The summed E-state index contributed by atoms with van der Waals surface area (Å²) >= 11 is 0. The minimum atomic E-state index is -0.310. The van der Waals surface area contributed by atoms with E-state index in [9.17, 15) is 14.4 Å². The van der Waals surface area contributed by atoms with Crippen molar-refractivity contribution in [1.29, 1.82) is 0 Å². The number of rotatable bonds is 12. The van der Waals surface area contributed by atoms with Gasteiger partial charge in [0, 0.05) is 37.9 Å². The molecule has 0 aliphatic carbocycles. The molecule has 9 heteroatoms. The van der Waals surface area contributed by atoms with Gasteiger partial charge in [0.2, 0.25) is 0 Å². The number of nitrogens with one attached hydrogen (secondary N) is 2. The van der Waals surface area contributed by atoms with Crippen LogP contribution in [0, 0.1) is 0 Å². The monoisotopic (exact) mass is 636 g/mol. The van der Waals surface area contributed by atoms with Crippen LogP contribution in [-0.4, -0.2) is 47.7 Å². The lowest BCUT2D eigenvalue weighted by atomic mass is 9.98. The quantitative estimate of drug-likeness (QED) is 0.227. The van der Waals surface area contributed by atoms with Crippen LogP contribution in [0.1, 0.15) is 65.2 Å². The van der Waals surface area contributed by atoms with E-state index >= 15 is 0 Å². The normalized spacial score (nSPS) is 13.8. The maximum absolute atomic E-state index is 13.1. The van der Waals surface area contributed by atoms with Gasteiger partial charge in [-0.3, -0.25) is 19.3 Å². The van der Waals surface area contributed by atoms with Gasteiger partial charge in [-0.2, -0.15) is 0 Å². The molecule has 1 aliphatic heterocycles.